The molecule has 2 aromatic heterocycles. The van der Waals surface area contributed by atoms with Crippen LogP contribution in [0.1, 0.15) is 19.8 Å². The van der Waals surface area contributed by atoms with Crippen LogP contribution in [-0.4, -0.2) is 19.2 Å². The Labute approximate surface area is 158 Å². The second kappa shape index (κ2) is 7.80. The van der Waals surface area contributed by atoms with Gasteiger partial charge in [-0.1, -0.05) is 41.0 Å². The van der Waals surface area contributed by atoms with Gasteiger partial charge in [-0.3, -0.25) is 0 Å². The number of hydrogen-bond acceptors (Lipinski definition) is 6. The molecule has 0 N–H and O–H groups in total. The number of halogens is 1. The van der Waals surface area contributed by atoms with Gasteiger partial charge in [-0.05, 0) is 42.8 Å². The predicted octanol–water partition coefficient (Wildman–Crippen LogP) is 5.42. The van der Waals surface area contributed by atoms with Gasteiger partial charge < -0.3 is 8.83 Å². The van der Waals surface area contributed by atoms with Crippen LogP contribution in [0.4, 0.5) is 0 Å². The van der Waals surface area contributed by atoms with Crippen molar-refractivity contribution in [2.75, 3.05) is 5.75 Å². The first-order valence-electron chi connectivity index (χ1n) is 7.70. The second-order valence-electron chi connectivity index (χ2n) is 5.25. The van der Waals surface area contributed by atoms with Crippen LogP contribution in [0.3, 0.4) is 0 Å². The van der Waals surface area contributed by atoms with Gasteiger partial charge in [0, 0.05) is 10.2 Å². The van der Waals surface area contributed by atoms with Crippen molar-refractivity contribution in [3.05, 3.63) is 47.1 Å². The topological polar surface area (TPSA) is 73.3 Å². The Kier molecular flexibility index (Phi) is 5.71. The van der Waals surface area contributed by atoms with Gasteiger partial charge in [-0.15, -0.1) is 0 Å². The normalized spacial score (nSPS) is 11.8. The summed E-state index contributed by atoms with van der Waals surface area (Å²) >= 11 is 4.66. The quantitative estimate of drug-likeness (QED) is 0.359. The molecular weight excluding hydrogens is 426 g/mol. The molecule has 132 valence electrons. The lowest BCUT2D eigenvalue weighted by Crippen LogP contribution is -2.04. The monoisotopic (exact) mass is 441 g/mol. The third-order valence-electron chi connectivity index (χ3n) is 3.41. The van der Waals surface area contributed by atoms with E-state index in [-0.39, 0.29) is 15.8 Å². The van der Waals surface area contributed by atoms with Crippen molar-refractivity contribution in [2.24, 2.45) is 0 Å². The number of hydrogen-bond donors (Lipinski definition) is 0. The summed E-state index contributed by atoms with van der Waals surface area (Å²) in [7, 11) is -3.78. The van der Waals surface area contributed by atoms with Crippen LogP contribution < -0.4 is 0 Å². The molecule has 0 bridgehead atoms. The minimum atomic E-state index is -3.78. The number of benzene rings is 1. The van der Waals surface area contributed by atoms with Crippen molar-refractivity contribution < 1.29 is 17.3 Å². The van der Waals surface area contributed by atoms with Crippen LogP contribution in [0.2, 0.25) is 0 Å². The van der Waals surface area contributed by atoms with Crippen LogP contribution in [0.15, 0.2) is 71.0 Å². The molecule has 0 spiro atoms. The van der Waals surface area contributed by atoms with E-state index >= 15 is 0 Å². The third-order valence-corrected chi connectivity index (χ3v) is 6.78. The summed E-state index contributed by atoms with van der Waals surface area (Å²) in [6.45, 7) is 2.08. The summed E-state index contributed by atoms with van der Waals surface area (Å²) in [5.41, 5.74) is 0. The lowest BCUT2D eigenvalue weighted by atomic mass is 10.4. The molecule has 3 rings (SSSR count). The summed E-state index contributed by atoms with van der Waals surface area (Å²) in [6.07, 6.45) is 3.46. The van der Waals surface area contributed by atoms with Crippen molar-refractivity contribution in [1.82, 2.24) is 4.98 Å². The summed E-state index contributed by atoms with van der Waals surface area (Å²) in [4.78, 5) is 4.39. The second-order valence-corrected chi connectivity index (χ2v) is 9.10. The SMILES string of the molecule is CCCCSc1oc(-c2ccco2)nc1S(=O)(=O)c1ccc(Br)cc1. The molecule has 5 nitrogen and oxygen atoms in total. The average Bonchev–Trinajstić information content (AvgIpc) is 3.25. The smallest absolute Gasteiger partial charge is 0.265 e. The zero-order chi connectivity index (χ0) is 17.9. The Bertz CT molecular complexity index is 932. The van der Waals surface area contributed by atoms with Gasteiger partial charge in [0.25, 0.3) is 5.89 Å². The van der Waals surface area contributed by atoms with Crippen LogP contribution >= 0.6 is 27.7 Å². The van der Waals surface area contributed by atoms with Crippen molar-refractivity contribution in [1.29, 1.82) is 0 Å². The molecule has 0 aliphatic carbocycles. The molecule has 0 aliphatic rings. The van der Waals surface area contributed by atoms with Gasteiger partial charge in [0.1, 0.15) is 0 Å². The van der Waals surface area contributed by atoms with Gasteiger partial charge in [0.05, 0.1) is 11.2 Å². The standard InChI is InChI=1S/C17H16BrNO4S2/c1-2-3-11-24-17-16(19-15(23-17)14-5-4-10-22-14)25(20,21)13-8-6-12(18)7-9-13/h4-10H,2-3,11H2,1H3. The van der Waals surface area contributed by atoms with E-state index in [0.717, 1.165) is 23.1 Å². The fourth-order valence-electron chi connectivity index (χ4n) is 2.09. The number of sulfone groups is 1. The zero-order valence-electron chi connectivity index (χ0n) is 13.4. The van der Waals surface area contributed by atoms with Crippen molar-refractivity contribution in [2.45, 2.75) is 34.8 Å². The first-order valence-corrected chi connectivity index (χ1v) is 11.0. The van der Waals surface area contributed by atoms with Gasteiger partial charge in [-0.25, -0.2) is 8.42 Å². The van der Waals surface area contributed by atoms with Crippen LogP contribution in [0.5, 0.6) is 0 Å². The highest BCUT2D eigenvalue weighted by Gasteiger charge is 2.29. The fraction of sp³-hybridized carbons (Fsp3) is 0.235. The molecule has 25 heavy (non-hydrogen) atoms. The fourth-order valence-corrected chi connectivity index (χ4v) is 4.97. The molecule has 1 aromatic carbocycles. The summed E-state index contributed by atoms with van der Waals surface area (Å²) in [6, 6.07) is 9.84. The zero-order valence-corrected chi connectivity index (χ0v) is 16.7. The maximum Gasteiger partial charge on any atom is 0.265 e. The third kappa shape index (κ3) is 4.02. The average molecular weight is 442 g/mol. The van der Waals surface area contributed by atoms with E-state index in [1.54, 1.807) is 36.4 Å². The van der Waals surface area contributed by atoms with Crippen molar-refractivity contribution in [3.8, 4) is 11.7 Å². The molecule has 2 heterocycles. The highest BCUT2D eigenvalue weighted by molar-refractivity contribution is 9.10. The number of oxazole rings is 1. The Morgan fingerprint density at radius 1 is 1.20 bits per heavy atom. The molecule has 0 amide bonds. The lowest BCUT2D eigenvalue weighted by molar-refractivity contribution is 0.451. The van der Waals surface area contributed by atoms with Gasteiger partial charge >= 0.3 is 0 Å². The number of thioether (sulfide) groups is 1. The molecule has 0 saturated carbocycles. The van der Waals surface area contributed by atoms with Gasteiger partial charge in [0.15, 0.2) is 5.76 Å². The van der Waals surface area contributed by atoms with Gasteiger partial charge in [0.2, 0.25) is 20.0 Å². The molecule has 0 aliphatic heterocycles. The van der Waals surface area contributed by atoms with Crippen LogP contribution in [0.25, 0.3) is 11.7 Å². The van der Waals surface area contributed by atoms with Crippen LogP contribution in [0, 0.1) is 0 Å². The maximum absolute atomic E-state index is 13.0. The molecular formula is C17H16BrNO4S2. The molecule has 0 saturated heterocycles. The number of aromatic nitrogens is 1. The van der Waals surface area contributed by atoms with E-state index in [9.17, 15) is 8.42 Å². The summed E-state index contributed by atoms with van der Waals surface area (Å²) in [5.74, 6) is 1.32. The Hall–Kier alpha value is -1.51. The van der Waals surface area contributed by atoms with Crippen LogP contribution in [-0.2, 0) is 9.84 Å². The summed E-state index contributed by atoms with van der Waals surface area (Å²) < 4.78 is 37.8. The first kappa shape index (κ1) is 18.3. The van der Waals surface area contributed by atoms with Crippen molar-refractivity contribution in [3.63, 3.8) is 0 Å². The molecule has 0 unspecified atom stereocenters. The maximum atomic E-state index is 13.0. The van der Waals surface area contributed by atoms with E-state index in [4.69, 9.17) is 8.83 Å². The minimum Gasteiger partial charge on any atom is -0.459 e. The summed E-state index contributed by atoms with van der Waals surface area (Å²) in [5, 5.41) is 0.227. The molecule has 8 heteroatoms. The predicted molar refractivity (Wildman–Crippen MR) is 99.4 cm³/mol. The molecule has 3 aromatic rings. The van der Waals surface area contributed by atoms with E-state index in [0.29, 0.717) is 10.9 Å². The Balaban J connectivity index is 2.04. The van der Waals surface area contributed by atoms with E-state index in [2.05, 4.69) is 27.8 Å². The minimum absolute atomic E-state index is 0.0673. The largest absolute Gasteiger partial charge is 0.459 e. The highest BCUT2D eigenvalue weighted by Crippen LogP contribution is 2.35. The van der Waals surface area contributed by atoms with Gasteiger partial charge in [-0.2, -0.15) is 4.98 Å². The number of nitrogens with zero attached hydrogens (tertiary/aromatic N) is 1. The van der Waals surface area contributed by atoms with E-state index in [1.807, 2.05) is 0 Å². The molecule has 0 radical (unpaired) electrons. The Morgan fingerprint density at radius 3 is 2.60 bits per heavy atom. The highest BCUT2D eigenvalue weighted by atomic mass is 79.9. The number of unbranched alkanes of at least 4 members (excludes halogenated alkanes) is 1. The van der Waals surface area contributed by atoms with E-state index < -0.39 is 9.84 Å². The first-order chi connectivity index (χ1) is 12.0. The Morgan fingerprint density at radius 2 is 1.96 bits per heavy atom. The van der Waals surface area contributed by atoms with E-state index in [1.165, 1.54) is 18.0 Å². The molecule has 0 atom stereocenters. The number of furan rings is 1. The number of rotatable bonds is 7. The lowest BCUT2D eigenvalue weighted by Gasteiger charge is -2.03. The van der Waals surface area contributed by atoms with Crippen molar-refractivity contribution >= 4 is 37.5 Å². The molecule has 0 fully saturated rings.